The Balaban J connectivity index is 1.93. The lowest BCUT2D eigenvalue weighted by molar-refractivity contribution is -0.123. The Kier molecular flexibility index (Phi) is 5.57. The number of nitrogens with one attached hydrogen (secondary N) is 2. The molecule has 2 rings (SSSR count). The molecule has 7 nitrogen and oxygen atoms in total. The zero-order valence-corrected chi connectivity index (χ0v) is 14.0. The third-order valence-electron chi connectivity index (χ3n) is 3.69. The second-order valence-electron chi connectivity index (χ2n) is 5.58. The van der Waals surface area contributed by atoms with E-state index < -0.39 is 24.5 Å². The molecule has 1 heterocycles. The summed E-state index contributed by atoms with van der Waals surface area (Å²) in [4.78, 5) is 35.4. The molecule has 1 aromatic carbocycles. The first-order valence-electron chi connectivity index (χ1n) is 7.74. The SMILES string of the molecule is CC[C@@H](C)NC(=O)NC(=O)COC(=O)c1cn(C)c2ccccc12. The van der Waals surface area contributed by atoms with Gasteiger partial charge in [-0.25, -0.2) is 9.59 Å². The molecule has 0 aliphatic rings. The van der Waals surface area contributed by atoms with Crippen LogP contribution in [0.15, 0.2) is 30.5 Å². The minimum atomic E-state index is -0.676. The van der Waals surface area contributed by atoms with Gasteiger partial charge < -0.3 is 14.6 Å². The van der Waals surface area contributed by atoms with Gasteiger partial charge in [-0.1, -0.05) is 25.1 Å². The van der Waals surface area contributed by atoms with Crippen molar-refractivity contribution in [2.45, 2.75) is 26.3 Å². The molecule has 3 amide bonds. The van der Waals surface area contributed by atoms with Crippen molar-refractivity contribution >= 4 is 28.8 Å². The van der Waals surface area contributed by atoms with Crippen molar-refractivity contribution in [2.75, 3.05) is 6.61 Å². The van der Waals surface area contributed by atoms with E-state index in [2.05, 4.69) is 10.6 Å². The number of hydrogen-bond donors (Lipinski definition) is 2. The molecule has 0 unspecified atom stereocenters. The van der Waals surface area contributed by atoms with Crippen molar-refractivity contribution in [3.8, 4) is 0 Å². The number of amides is 3. The Bertz CT molecular complexity index is 766. The van der Waals surface area contributed by atoms with Crippen molar-refractivity contribution in [1.82, 2.24) is 15.2 Å². The van der Waals surface area contributed by atoms with Gasteiger partial charge in [-0.2, -0.15) is 0 Å². The maximum atomic E-state index is 12.2. The van der Waals surface area contributed by atoms with Gasteiger partial charge in [0.2, 0.25) is 0 Å². The van der Waals surface area contributed by atoms with Gasteiger partial charge in [-0.3, -0.25) is 10.1 Å². The molecule has 1 atom stereocenters. The van der Waals surface area contributed by atoms with E-state index in [9.17, 15) is 14.4 Å². The zero-order chi connectivity index (χ0) is 17.7. The number of nitrogens with zero attached hydrogens (tertiary/aromatic N) is 1. The predicted octanol–water partition coefficient (Wildman–Crippen LogP) is 1.96. The summed E-state index contributed by atoms with van der Waals surface area (Å²) in [7, 11) is 1.82. The van der Waals surface area contributed by atoms with E-state index in [-0.39, 0.29) is 6.04 Å². The summed E-state index contributed by atoms with van der Waals surface area (Å²) in [6, 6.07) is 6.75. The summed E-state index contributed by atoms with van der Waals surface area (Å²) in [5.41, 5.74) is 1.27. The fraction of sp³-hybridized carbons (Fsp3) is 0.353. The number of imide groups is 1. The molecule has 0 bridgehead atoms. The molecule has 0 aliphatic carbocycles. The van der Waals surface area contributed by atoms with Gasteiger partial charge in [0.25, 0.3) is 5.91 Å². The molecule has 24 heavy (non-hydrogen) atoms. The standard InChI is InChI=1S/C17H21N3O4/c1-4-11(2)18-17(23)19-15(21)10-24-16(22)13-9-20(3)14-8-6-5-7-12(13)14/h5-9,11H,4,10H2,1-3H3,(H2,18,19,21,23)/t11-/m1/s1. The molecule has 0 spiro atoms. The number of esters is 1. The molecule has 128 valence electrons. The van der Waals surface area contributed by atoms with E-state index in [1.165, 1.54) is 0 Å². The number of carbonyl (C=O) groups excluding carboxylic acids is 3. The van der Waals surface area contributed by atoms with E-state index in [4.69, 9.17) is 4.74 Å². The molecule has 0 saturated heterocycles. The Morgan fingerprint density at radius 1 is 1.25 bits per heavy atom. The number of para-hydroxylation sites is 1. The van der Waals surface area contributed by atoms with E-state index in [1.54, 1.807) is 6.20 Å². The number of benzene rings is 1. The summed E-state index contributed by atoms with van der Waals surface area (Å²) in [6.45, 7) is 3.22. The number of aromatic nitrogens is 1. The average molecular weight is 331 g/mol. The van der Waals surface area contributed by atoms with Crippen LogP contribution in [0.3, 0.4) is 0 Å². The molecule has 0 aliphatic heterocycles. The van der Waals surface area contributed by atoms with Gasteiger partial charge >= 0.3 is 12.0 Å². The third kappa shape index (κ3) is 4.13. The number of ether oxygens (including phenoxy) is 1. The van der Waals surface area contributed by atoms with Crippen LogP contribution < -0.4 is 10.6 Å². The highest BCUT2D eigenvalue weighted by molar-refractivity contribution is 6.05. The lowest BCUT2D eigenvalue weighted by Crippen LogP contribution is -2.44. The summed E-state index contributed by atoms with van der Waals surface area (Å²) < 4.78 is 6.81. The minimum Gasteiger partial charge on any atom is -0.452 e. The van der Waals surface area contributed by atoms with Crippen LogP contribution in [-0.4, -0.2) is 35.1 Å². The van der Waals surface area contributed by atoms with Gasteiger partial charge in [0.15, 0.2) is 6.61 Å². The van der Waals surface area contributed by atoms with Crippen molar-refractivity contribution in [3.05, 3.63) is 36.0 Å². The second kappa shape index (κ2) is 7.63. The quantitative estimate of drug-likeness (QED) is 0.820. The topological polar surface area (TPSA) is 89.4 Å². The van der Waals surface area contributed by atoms with Crippen molar-refractivity contribution in [1.29, 1.82) is 0 Å². The number of aryl methyl sites for hydroxylation is 1. The first-order chi connectivity index (χ1) is 11.4. The molecule has 1 aromatic heterocycles. The van der Waals surface area contributed by atoms with E-state index in [1.807, 2.05) is 49.7 Å². The Morgan fingerprint density at radius 2 is 1.96 bits per heavy atom. The number of urea groups is 1. The lowest BCUT2D eigenvalue weighted by atomic mass is 10.2. The van der Waals surface area contributed by atoms with Crippen LogP contribution in [0.1, 0.15) is 30.6 Å². The molecular weight excluding hydrogens is 310 g/mol. The summed E-state index contributed by atoms with van der Waals surface area (Å²) in [5.74, 6) is -1.28. The highest BCUT2D eigenvalue weighted by Crippen LogP contribution is 2.20. The number of hydrogen-bond acceptors (Lipinski definition) is 4. The van der Waals surface area contributed by atoms with Crippen LogP contribution in [0, 0.1) is 0 Å². The average Bonchev–Trinajstić information content (AvgIpc) is 2.90. The van der Waals surface area contributed by atoms with Crippen LogP contribution in [0.2, 0.25) is 0 Å². The molecule has 0 saturated carbocycles. The maximum Gasteiger partial charge on any atom is 0.340 e. The molecule has 7 heteroatoms. The highest BCUT2D eigenvalue weighted by Gasteiger charge is 2.17. The third-order valence-corrected chi connectivity index (χ3v) is 3.69. The van der Waals surface area contributed by atoms with Crippen LogP contribution in [0.25, 0.3) is 10.9 Å². The summed E-state index contributed by atoms with van der Waals surface area (Å²) in [5, 5.41) is 5.47. The fourth-order valence-corrected chi connectivity index (χ4v) is 2.24. The van der Waals surface area contributed by atoms with Gasteiger partial charge in [-0.05, 0) is 19.4 Å². The van der Waals surface area contributed by atoms with E-state index >= 15 is 0 Å². The molecule has 2 aromatic rings. The van der Waals surface area contributed by atoms with Crippen LogP contribution in [-0.2, 0) is 16.6 Å². The van der Waals surface area contributed by atoms with E-state index in [0.29, 0.717) is 5.56 Å². The molecular formula is C17H21N3O4. The lowest BCUT2D eigenvalue weighted by Gasteiger charge is -2.11. The molecule has 2 N–H and O–H groups in total. The van der Waals surface area contributed by atoms with Crippen molar-refractivity contribution in [3.63, 3.8) is 0 Å². The smallest absolute Gasteiger partial charge is 0.340 e. The monoisotopic (exact) mass is 331 g/mol. The summed E-state index contributed by atoms with van der Waals surface area (Å²) in [6.07, 6.45) is 2.40. The first kappa shape index (κ1) is 17.5. The highest BCUT2D eigenvalue weighted by atomic mass is 16.5. The summed E-state index contributed by atoms with van der Waals surface area (Å²) >= 11 is 0. The number of fused-ring (bicyclic) bond motifs is 1. The van der Waals surface area contributed by atoms with Gasteiger partial charge in [-0.15, -0.1) is 0 Å². The minimum absolute atomic E-state index is 0.0453. The fourth-order valence-electron chi connectivity index (χ4n) is 2.24. The second-order valence-corrected chi connectivity index (χ2v) is 5.58. The van der Waals surface area contributed by atoms with Crippen LogP contribution in [0.5, 0.6) is 0 Å². The van der Waals surface area contributed by atoms with E-state index in [0.717, 1.165) is 17.3 Å². The van der Waals surface area contributed by atoms with Crippen molar-refractivity contribution < 1.29 is 19.1 Å². The molecule has 0 fully saturated rings. The first-order valence-corrected chi connectivity index (χ1v) is 7.74. The number of carbonyl (C=O) groups is 3. The van der Waals surface area contributed by atoms with Crippen LogP contribution >= 0.6 is 0 Å². The van der Waals surface area contributed by atoms with Crippen LogP contribution in [0.4, 0.5) is 4.79 Å². The van der Waals surface area contributed by atoms with Gasteiger partial charge in [0, 0.05) is 30.2 Å². The largest absolute Gasteiger partial charge is 0.452 e. The Labute approximate surface area is 140 Å². The Morgan fingerprint density at radius 3 is 2.67 bits per heavy atom. The maximum absolute atomic E-state index is 12.2. The number of rotatable bonds is 5. The Hall–Kier alpha value is -2.83. The predicted molar refractivity (Wildman–Crippen MR) is 89.6 cm³/mol. The van der Waals surface area contributed by atoms with Crippen molar-refractivity contribution in [2.24, 2.45) is 7.05 Å². The normalized spacial score (nSPS) is 11.8. The van der Waals surface area contributed by atoms with Gasteiger partial charge in [0.05, 0.1) is 5.56 Å². The van der Waals surface area contributed by atoms with Gasteiger partial charge in [0.1, 0.15) is 0 Å². The zero-order valence-electron chi connectivity index (χ0n) is 14.0. The molecule has 0 radical (unpaired) electrons.